The van der Waals surface area contributed by atoms with Crippen LogP contribution in [0.1, 0.15) is 58.2 Å². The normalized spacial score (nSPS) is 12.8. The van der Waals surface area contributed by atoms with E-state index < -0.39 is 17.5 Å². The van der Waals surface area contributed by atoms with Gasteiger partial charge in [-0.05, 0) is 34.6 Å². The Morgan fingerprint density at radius 2 is 1.50 bits per heavy atom. The average molecular weight is 363 g/mol. The van der Waals surface area contributed by atoms with Crippen LogP contribution in [0.3, 0.4) is 0 Å². The lowest BCUT2D eigenvalue weighted by Gasteiger charge is -2.26. The fourth-order valence-corrected chi connectivity index (χ4v) is 2.51. The molecule has 0 unspecified atom stereocenters. The van der Waals surface area contributed by atoms with Crippen LogP contribution in [-0.4, -0.2) is 11.3 Å². The van der Waals surface area contributed by atoms with Gasteiger partial charge in [0, 0.05) is 17.3 Å². The van der Waals surface area contributed by atoms with E-state index >= 15 is 0 Å². The second-order valence-electron chi connectivity index (χ2n) is 8.41. The Morgan fingerprint density at radius 1 is 0.885 bits per heavy atom. The lowest BCUT2D eigenvalue weighted by molar-refractivity contribution is 0.443. The molecule has 2 aromatic carbocycles. The number of aliphatic imine (C=N–C) groups is 1. The monoisotopic (exact) mass is 363 g/mol. The van der Waals surface area contributed by atoms with Crippen molar-refractivity contribution in [3.8, 4) is 5.75 Å². The van der Waals surface area contributed by atoms with E-state index in [2.05, 4.69) is 4.99 Å². The zero-order valence-electron chi connectivity index (χ0n) is 15.9. The number of halogens is 3. The van der Waals surface area contributed by atoms with Crippen LogP contribution in [0, 0.1) is 17.5 Å². The second kappa shape index (κ2) is 6.78. The molecular formula is C21H24F3NO. The predicted molar refractivity (Wildman–Crippen MR) is 99.1 cm³/mol. The molecule has 2 rings (SSSR count). The van der Waals surface area contributed by atoms with Crippen molar-refractivity contribution in [2.24, 2.45) is 4.99 Å². The minimum absolute atomic E-state index is 0.0391. The largest absolute Gasteiger partial charge is 0.507 e. The molecule has 0 aliphatic heterocycles. The molecule has 0 saturated heterocycles. The maximum atomic E-state index is 13.8. The van der Waals surface area contributed by atoms with Crippen molar-refractivity contribution in [1.29, 1.82) is 0 Å². The van der Waals surface area contributed by atoms with E-state index in [4.69, 9.17) is 0 Å². The molecule has 1 N–H and O–H groups in total. The maximum absolute atomic E-state index is 13.8. The van der Waals surface area contributed by atoms with Crippen LogP contribution < -0.4 is 0 Å². The van der Waals surface area contributed by atoms with Crippen LogP contribution in [0.2, 0.25) is 0 Å². The van der Waals surface area contributed by atoms with Gasteiger partial charge in [-0.25, -0.2) is 13.2 Å². The summed E-state index contributed by atoms with van der Waals surface area (Å²) in [4.78, 5) is 3.92. The van der Waals surface area contributed by atoms with Crippen LogP contribution in [0.4, 0.5) is 18.9 Å². The first-order valence-electron chi connectivity index (χ1n) is 8.38. The van der Waals surface area contributed by atoms with Crippen molar-refractivity contribution < 1.29 is 18.3 Å². The number of hydrogen-bond donors (Lipinski definition) is 1. The maximum Gasteiger partial charge on any atom is 0.196 e. The summed E-state index contributed by atoms with van der Waals surface area (Å²) < 4.78 is 40.2. The van der Waals surface area contributed by atoms with Crippen molar-refractivity contribution in [1.82, 2.24) is 0 Å². The Kier molecular flexibility index (Phi) is 5.22. The third-order valence-corrected chi connectivity index (χ3v) is 4.17. The third-order valence-electron chi connectivity index (χ3n) is 4.17. The lowest BCUT2D eigenvalue weighted by atomic mass is 9.79. The predicted octanol–water partition coefficient (Wildman–Crippen LogP) is 6.16. The average Bonchev–Trinajstić information content (AvgIpc) is 2.51. The van der Waals surface area contributed by atoms with Gasteiger partial charge in [-0.15, -0.1) is 0 Å². The van der Waals surface area contributed by atoms with Gasteiger partial charge in [0.1, 0.15) is 11.4 Å². The molecule has 0 atom stereocenters. The summed E-state index contributed by atoms with van der Waals surface area (Å²) in [6.45, 7) is 12.1. The van der Waals surface area contributed by atoms with E-state index in [1.165, 1.54) is 6.21 Å². The van der Waals surface area contributed by atoms with Gasteiger partial charge in [0.15, 0.2) is 17.5 Å². The van der Waals surface area contributed by atoms with Crippen LogP contribution in [-0.2, 0) is 10.8 Å². The Balaban J connectivity index is 2.61. The Labute approximate surface area is 152 Å². The van der Waals surface area contributed by atoms with Gasteiger partial charge in [-0.1, -0.05) is 47.6 Å². The van der Waals surface area contributed by atoms with Gasteiger partial charge in [-0.3, -0.25) is 4.99 Å². The summed E-state index contributed by atoms with van der Waals surface area (Å²) in [5, 5.41) is 10.6. The van der Waals surface area contributed by atoms with E-state index in [0.29, 0.717) is 5.56 Å². The fraction of sp³-hybridized carbons (Fsp3) is 0.381. The molecule has 0 aromatic heterocycles. The molecule has 0 fully saturated rings. The Hall–Kier alpha value is -2.30. The molecule has 5 heteroatoms. The van der Waals surface area contributed by atoms with E-state index in [9.17, 15) is 18.3 Å². The van der Waals surface area contributed by atoms with Gasteiger partial charge in [-0.2, -0.15) is 0 Å². The van der Waals surface area contributed by atoms with Gasteiger partial charge in [0.25, 0.3) is 0 Å². The zero-order chi connectivity index (χ0) is 19.9. The van der Waals surface area contributed by atoms with Crippen molar-refractivity contribution in [2.75, 3.05) is 0 Å². The smallest absolute Gasteiger partial charge is 0.196 e. The van der Waals surface area contributed by atoms with Crippen LogP contribution >= 0.6 is 0 Å². The standard InChI is InChI=1S/C21H24F3NO/c1-20(2,3)13-9-12(19(26)14(10-13)21(4,5)6)11-25-16-8-7-15(22)17(23)18(16)24/h7-11,26H,1-6H3. The Morgan fingerprint density at radius 3 is 2.04 bits per heavy atom. The van der Waals surface area contributed by atoms with Crippen molar-refractivity contribution >= 4 is 11.9 Å². The molecule has 2 nitrogen and oxygen atoms in total. The summed E-state index contributed by atoms with van der Waals surface area (Å²) in [6, 6.07) is 5.59. The van der Waals surface area contributed by atoms with E-state index in [-0.39, 0.29) is 22.3 Å². The summed E-state index contributed by atoms with van der Waals surface area (Å²) >= 11 is 0. The number of phenols is 1. The molecule has 0 saturated carbocycles. The zero-order valence-corrected chi connectivity index (χ0v) is 15.9. The number of nitrogens with zero attached hydrogens (tertiary/aromatic N) is 1. The highest BCUT2D eigenvalue weighted by Gasteiger charge is 2.24. The molecule has 0 aliphatic rings. The summed E-state index contributed by atoms with van der Waals surface area (Å²) in [7, 11) is 0. The molecule has 0 amide bonds. The minimum Gasteiger partial charge on any atom is -0.507 e. The number of aromatic hydroxyl groups is 1. The van der Waals surface area contributed by atoms with Gasteiger partial charge in [0.2, 0.25) is 0 Å². The van der Waals surface area contributed by atoms with Crippen molar-refractivity contribution in [3.63, 3.8) is 0 Å². The number of phenolic OH excluding ortho intramolecular Hbond substituents is 1. The molecule has 0 bridgehead atoms. The number of benzene rings is 2. The minimum atomic E-state index is -1.57. The Bertz CT molecular complexity index is 859. The molecule has 26 heavy (non-hydrogen) atoms. The lowest BCUT2D eigenvalue weighted by Crippen LogP contribution is -2.17. The topological polar surface area (TPSA) is 32.6 Å². The summed E-state index contributed by atoms with van der Waals surface area (Å²) in [5.74, 6) is -4.15. The van der Waals surface area contributed by atoms with Gasteiger partial charge in [0.05, 0.1) is 0 Å². The SMILES string of the molecule is CC(C)(C)c1cc(C=Nc2ccc(F)c(F)c2F)c(O)c(C(C)(C)C)c1. The van der Waals surface area contributed by atoms with Crippen LogP contribution in [0.25, 0.3) is 0 Å². The first kappa shape index (κ1) is 20.0. The molecular weight excluding hydrogens is 339 g/mol. The quantitative estimate of drug-likeness (QED) is 0.503. The highest BCUT2D eigenvalue weighted by molar-refractivity contribution is 5.86. The summed E-state index contributed by atoms with van der Waals surface area (Å²) in [5.41, 5.74) is 1.28. The van der Waals surface area contributed by atoms with Crippen molar-refractivity contribution in [3.05, 3.63) is 58.4 Å². The first-order valence-corrected chi connectivity index (χ1v) is 8.38. The highest BCUT2D eigenvalue weighted by Crippen LogP contribution is 2.37. The van der Waals surface area contributed by atoms with Crippen LogP contribution in [0.5, 0.6) is 5.75 Å². The van der Waals surface area contributed by atoms with E-state index in [1.54, 1.807) is 6.07 Å². The third kappa shape index (κ3) is 4.09. The van der Waals surface area contributed by atoms with E-state index in [0.717, 1.165) is 23.3 Å². The number of rotatable bonds is 2. The van der Waals surface area contributed by atoms with Gasteiger partial charge >= 0.3 is 0 Å². The van der Waals surface area contributed by atoms with E-state index in [1.807, 2.05) is 47.6 Å². The van der Waals surface area contributed by atoms with Crippen LogP contribution in [0.15, 0.2) is 29.3 Å². The molecule has 0 heterocycles. The van der Waals surface area contributed by atoms with Gasteiger partial charge < -0.3 is 5.11 Å². The molecule has 0 radical (unpaired) electrons. The second-order valence-corrected chi connectivity index (χ2v) is 8.41. The fourth-order valence-electron chi connectivity index (χ4n) is 2.51. The highest BCUT2D eigenvalue weighted by atomic mass is 19.2. The number of hydrogen-bond acceptors (Lipinski definition) is 2. The van der Waals surface area contributed by atoms with Crippen molar-refractivity contribution in [2.45, 2.75) is 52.4 Å². The summed E-state index contributed by atoms with van der Waals surface area (Å²) in [6.07, 6.45) is 1.27. The molecule has 2 aromatic rings. The molecule has 0 spiro atoms. The molecule has 140 valence electrons. The molecule has 0 aliphatic carbocycles. The first-order chi connectivity index (χ1) is 11.8.